The van der Waals surface area contributed by atoms with E-state index in [1.807, 2.05) is 6.08 Å². The Morgan fingerprint density at radius 2 is 0.766 bits per heavy atom. The molecule has 1 rings (SSSR count). The fourth-order valence-electron chi connectivity index (χ4n) is 10.9. The lowest BCUT2D eigenvalue weighted by molar-refractivity contribution is -0.302. The Hall–Kier alpha value is -1.59. The van der Waals surface area contributed by atoms with Gasteiger partial charge in [0.05, 0.1) is 25.4 Å². The Morgan fingerprint density at radius 1 is 0.442 bits per heavy atom. The summed E-state index contributed by atoms with van der Waals surface area (Å²) in [5.74, 6) is -0.170. The van der Waals surface area contributed by atoms with Gasteiger partial charge in [-0.25, -0.2) is 0 Å². The first-order valence-electron chi connectivity index (χ1n) is 33.7. The van der Waals surface area contributed by atoms with Crippen molar-refractivity contribution in [3.8, 4) is 0 Å². The third-order valence-electron chi connectivity index (χ3n) is 16.2. The van der Waals surface area contributed by atoms with Gasteiger partial charge in [-0.3, -0.25) is 4.79 Å². The average molecular weight is 1090 g/mol. The molecule has 7 atom stereocenters. The number of hydrogen-bond acceptors (Lipinski definition) is 8. The van der Waals surface area contributed by atoms with Crippen molar-refractivity contribution >= 4 is 5.91 Å². The second kappa shape index (κ2) is 57.6. The molecule has 6 N–H and O–H groups in total. The fourth-order valence-corrected chi connectivity index (χ4v) is 10.9. The van der Waals surface area contributed by atoms with Crippen molar-refractivity contribution in [1.82, 2.24) is 5.32 Å². The molecule has 0 bridgehead atoms. The monoisotopic (exact) mass is 1090 g/mol. The zero-order valence-corrected chi connectivity index (χ0v) is 50.7. The van der Waals surface area contributed by atoms with Crippen LogP contribution in [0.5, 0.6) is 0 Å². The van der Waals surface area contributed by atoms with Crippen molar-refractivity contribution in [3.63, 3.8) is 0 Å². The molecule has 1 aliphatic rings. The predicted molar refractivity (Wildman–Crippen MR) is 327 cm³/mol. The molecule has 9 nitrogen and oxygen atoms in total. The molecule has 0 aromatic carbocycles. The maximum absolute atomic E-state index is 13.1. The second-order valence-electron chi connectivity index (χ2n) is 23.6. The van der Waals surface area contributed by atoms with E-state index in [9.17, 15) is 30.3 Å². The van der Waals surface area contributed by atoms with Gasteiger partial charge in [0, 0.05) is 6.42 Å². The highest BCUT2D eigenvalue weighted by atomic mass is 16.7. The van der Waals surface area contributed by atoms with Crippen LogP contribution in [0.2, 0.25) is 0 Å². The highest BCUT2D eigenvalue weighted by Gasteiger charge is 2.44. The molecule has 0 aromatic rings. The number of carbonyl (C=O) groups excluding carboxylic acids is 1. The van der Waals surface area contributed by atoms with Gasteiger partial charge >= 0.3 is 0 Å². The number of rotatable bonds is 59. The first kappa shape index (κ1) is 73.4. The second-order valence-corrected chi connectivity index (χ2v) is 23.6. The van der Waals surface area contributed by atoms with Gasteiger partial charge in [0.1, 0.15) is 24.4 Å². The highest BCUT2D eigenvalue weighted by Crippen LogP contribution is 2.23. The zero-order chi connectivity index (χ0) is 55.8. The summed E-state index contributed by atoms with van der Waals surface area (Å²) in [6.07, 6.45) is 69.6. The number of aliphatic hydroxyl groups is 5. The molecule has 0 aliphatic carbocycles. The Balaban J connectivity index is 2.09. The van der Waals surface area contributed by atoms with Crippen molar-refractivity contribution < 1.29 is 39.8 Å². The number of aliphatic hydroxyl groups excluding tert-OH is 5. The number of carbonyl (C=O) groups is 1. The van der Waals surface area contributed by atoms with Gasteiger partial charge in [-0.2, -0.15) is 0 Å². The SMILES string of the molecule is CCCCCCC/C=C\C/C=C\CCCCCCCCCCCCCCCCCCCCCCCCCC(=O)NC(COC1OC(CO)C(O)C(O)C1O)C(O)/C=C/CCCCCCCCCCCCCCCCCCC. The van der Waals surface area contributed by atoms with Crippen LogP contribution in [0.15, 0.2) is 36.5 Å². The minimum Gasteiger partial charge on any atom is -0.394 e. The Bertz CT molecular complexity index is 1310. The standard InChI is InChI=1S/C68H129NO8/c1-3-5-7-9-11-13-15-17-19-21-23-24-25-26-27-28-29-30-31-32-33-34-35-36-37-38-40-42-44-46-48-50-52-54-56-58-64(72)69-61(60-76-68-67(75)66(74)65(73)63(59-70)77-68)62(71)57-55-53-51-49-47-45-43-41-39-22-20-18-16-14-12-10-8-6-4-2/h15,17,21,23,55,57,61-63,65-68,70-71,73-75H,3-14,16,18-20,22,24-54,56,58-60H2,1-2H3,(H,69,72)/b17-15-,23-21-,57-55+. The predicted octanol–water partition coefficient (Wildman–Crippen LogP) is 17.9. The van der Waals surface area contributed by atoms with Crippen LogP contribution in [-0.2, 0) is 14.3 Å². The summed E-state index contributed by atoms with van der Waals surface area (Å²) < 4.78 is 11.3. The molecule has 77 heavy (non-hydrogen) atoms. The summed E-state index contributed by atoms with van der Waals surface area (Å²) in [4.78, 5) is 13.1. The molecule has 1 fully saturated rings. The number of unbranched alkanes of at least 4 members (excludes halogenated alkanes) is 45. The zero-order valence-electron chi connectivity index (χ0n) is 50.7. The van der Waals surface area contributed by atoms with Crippen molar-refractivity contribution in [3.05, 3.63) is 36.5 Å². The number of amides is 1. The molecule has 0 saturated carbocycles. The largest absolute Gasteiger partial charge is 0.394 e. The van der Waals surface area contributed by atoms with Gasteiger partial charge in [-0.05, 0) is 51.4 Å². The number of nitrogens with one attached hydrogen (secondary N) is 1. The van der Waals surface area contributed by atoms with Gasteiger partial charge < -0.3 is 40.3 Å². The molecule has 7 unspecified atom stereocenters. The molecule has 454 valence electrons. The van der Waals surface area contributed by atoms with E-state index >= 15 is 0 Å². The fraction of sp³-hybridized carbons (Fsp3) is 0.897. The summed E-state index contributed by atoms with van der Waals surface area (Å²) in [5.41, 5.74) is 0. The normalized spacial score (nSPS) is 18.9. The van der Waals surface area contributed by atoms with E-state index in [-0.39, 0.29) is 12.5 Å². The smallest absolute Gasteiger partial charge is 0.220 e. The summed E-state index contributed by atoms with van der Waals surface area (Å²) in [5, 5.41) is 54.7. The molecule has 0 spiro atoms. The van der Waals surface area contributed by atoms with Crippen LogP contribution in [0.4, 0.5) is 0 Å². The molecular formula is C68H129NO8. The van der Waals surface area contributed by atoms with E-state index in [1.165, 1.54) is 270 Å². The van der Waals surface area contributed by atoms with Gasteiger partial charge in [-0.15, -0.1) is 0 Å². The molecule has 0 aromatic heterocycles. The van der Waals surface area contributed by atoms with Crippen LogP contribution in [0.3, 0.4) is 0 Å². The van der Waals surface area contributed by atoms with Gasteiger partial charge in [0.15, 0.2) is 6.29 Å². The van der Waals surface area contributed by atoms with E-state index in [2.05, 4.69) is 43.5 Å². The maximum atomic E-state index is 13.1. The van der Waals surface area contributed by atoms with Crippen LogP contribution in [0.25, 0.3) is 0 Å². The lowest BCUT2D eigenvalue weighted by atomic mass is 9.99. The van der Waals surface area contributed by atoms with E-state index < -0.39 is 49.5 Å². The maximum Gasteiger partial charge on any atom is 0.220 e. The summed E-state index contributed by atoms with van der Waals surface area (Å²) >= 11 is 0. The van der Waals surface area contributed by atoms with Crippen LogP contribution in [0.1, 0.15) is 335 Å². The third-order valence-corrected chi connectivity index (χ3v) is 16.2. The van der Waals surface area contributed by atoms with Crippen molar-refractivity contribution in [1.29, 1.82) is 0 Å². The van der Waals surface area contributed by atoms with Crippen LogP contribution in [-0.4, -0.2) is 87.5 Å². The van der Waals surface area contributed by atoms with Crippen molar-refractivity contribution in [2.24, 2.45) is 0 Å². The molecule has 1 heterocycles. The van der Waals surface area contributed by atoms with Crippen LogP contribution >= 0.6 is 0 Å². The first-order chi connectivity index (χ1) is 37.8. The van der Waals surface area contributed by atoms with Crippen LogP contribution in [0, 0.1) is 0 Å². The van der Waals surface area contributed by atoms with Crippen molar-refractivity contribution in [2.45, 2.75) is 378 Å². The summed E-state index contributed by atoms with van der Waals surface area (Å²) in [6, 6.07) is -0.803. The molecule has 1 amide bonds. The first-order valence-corrected chi connectivity index (χ1v) is 33.7. The van der Waals surface area contributed by atoms with E-state index in [0.717, 1.165) is 44.9 Å². The highest BCUT2D eigenvalue weighted by molar-refractivity contribution is 5.76. The molecule has 0 radical (unpaired) electrons. The Kier molecular flexibility index (Phi) is 55.0. The van der Waals surface area contributed by atoms with E-state index in [0.29, 0.717) is 6.42 Å². The lowest BCUT2D eigenvalue weighted by Crippen LogP contribution is -2.60. The van der Waals surface area contributed by atoms with Crippen molar-refractivity contribution in [2.75, 3.05) is 13.2 Å². The van der Waals surface area contributed by atoms with Gasteiger partial charge in [0.25, 0.3) is 0 Å². The number of ether oxygens (including phenoxy) is 2. The minimum atomic E-state index is -1.57. The van der Waals surface area contributed by atoms with Gasteiger partial charge in [0.2, 0.25) is 5.91 Å². The molecule has 1 saturated heterocycles. The Morgan fingerprint density at radius 3 is 1.12 bits per heavy atom. The topological polar surface area (TPSA) is 149 Å². The summed E-state index contributed by atoms with van der Waals surface area (Å²) in [6.45, 7) is 3.81. The number of allylic oxidation sites excluding steroid dienone is 5. The number of hydrogen-bond donors (Lipinski definition) is 6. The average Bonchev–Trinajstić information content (AvgIpc) is 3.43. The Labute approximate surface area is 476 Å². The van der Waals surface area contributed by atoms with Gasteiger partial charge in [-0.1, -0.05) is 314 Å². The molecule has 9 heteroatoms. The molecular weight excluding hydrogens is 959 g/mol. The molecule has 1 aliphatic heterocycles. The van der Waals surface area contributed by atoms with E-state index in [4.69, 9.17) is 9.47 Å². The van der Waals surface area contributed by atoms with Crippen LogP contribution < -0.4 is 5.32 Å². The lowest BCUT2D eigenvalue weighted by Gasteiger charge is -2.40. The third kappa shape index (κ3) is 46.7. The quantitative estimate of drug-likeness (QED) is 0.0261. The summed E-state index contributed by atoms with van der Waals surface area (Å²) in [7, 11) is 0. The van der Waals surface area contributed by atoms with E-state index in [1.54, 1.807) is 6.08 Å². The minimum absolute atomic E-state index is 0.170.